The molecule has 0 unspecified atom stereocenters. The fourth-order valence-corrected chi connectivity index (χ4v) is 5.10. The number of hydrogen-bond acceptors (Lipinski definition) is 10. The Morgan fingerprint density at radius 3 is 1.98 bits per heavy atom. The van der Waals surface area contributed by atoms with Gasteiger partial charge in [0.15, 0.2) is 16.9 Å². The normalized spacial score (nSPS) is 11.1. The molecule has 0 radical (unpaired) electrons. The molecule has 0 spiro atoms. The molecule has 6 rings (SSSR count). The maximum atomic E-state index is 14.3. The Bertz CT molecular complexity index is 2120. The third-order valence-corrected chi connectivity index (χ3v) is 7.32. The highest BCUT2D eigenvalue weighted by atomic mass is 16.5. The molecule has 0 saturated carbocycles. The molecule has 4 aromatic carbocycles. The fraction of sp³-hybridized carbons (Fsp3) is 0.118. The SMILES string of the molecule is COc1ccc(-c2oc3cc4oc(-c5ccc(O)c(OC)c5)cc(=O)c4cc3c2C(=O)c2c(O)cc(OC)cc2OC)cc1. The minimum absolute atomic E-state index is 0.0561. The van der Waals surface area contributed by atoms with Crippen LogP contribution in [0, 0.1) is 0 Å². The largest absolute Gasteiger partial charge is 0.507 e. The van der Waals surface area contributed by atoms with Gasteiger partial charge < -0.3 is 38.0 Å². The topological polar surface area (TPSA) is 138 Å². The number of ether oxygens (including phenoxy) is 4. The van der Waals surface area contributed by atoms with Crippen molar-refractivity contribution in [3.05, 3.63) is 94.1 Å². The van der Waals surface area contributed by atoms with Gasteiger partial charge in [-0.2, -0.15) is 0 Å². The van der Waals surface area contributed by atoms with Crippen LogP contribution in [-0.2, 0) is 0 Å². The summed E-state index contributed by atoms with van der Waals surface area (Å²) in [6.45, 7) is 0. The molecule has 10 nitrogen and oxygen atoms in total. The molecule has 2 N–H and O–H groups in total. The second kappa shape index (κ2) is 11.1. The molecule has 0 bridgehead atoms. The first-order valence-electron chi connectivity index (χ1n) is 13.3. The van der Waals surface area contributed by atoms with E-state index in [2.05, 4.69) is 0 Å². The van der Waals surface area contributed by atoms with Gasteiger partial charge in [-0.05, 0) is 48.5 Å². The van der Waals surface area contributed by atoms with Gasteiger partial charge in [-0.15, -0.1) is 0 Å². The number of ketones is 1. The lowest BCUT2D eigenvalue weighted by molar-refractivity contribution is 0.103. The summed E-state index contributed by atoms with van der Waals surface area (Å²) in [7, 11) is 5.77. The zero-order chi connectivity index (χ0) is 31.1. The van der Waals surface area contributed by atoms with Crippen LogP contribution in [0.5, 0.6) is 34.5 Å². The quantitative estimate of drug-likeness (QED) is 0.187. The lowest BCUT2D eigenvalue weighted by atomic mass is 9.95. The van der Waals surface area contributed by atoms with Crippen LogP contribution < -0.4 is 24.4 Å². The third-order valence-electron chi connectivity index (χ3n) is 7.32. The van der Waals surface area contributed by atoms with Crippen molar-refractivity contribution >= 4 is 27.7 Å². The predicted octanol–water partition coefficient (Wildman–Crippen LogP) is 6.55. The van der Waals surface area contributed by atoms with Crippen molar-refractivity contribution in [1.82, 2.24) is 0 Å². The van der Waals surface area contributed by atoms with E-state index >= 15 is 0 Å². The molecule has 10 heteroatoms. The van der Waals surface area contributed by atoms with E-state index in [4.69, 9.17) is 27.8 Å². The molecule has 0 fully saturated rings. The summed E-state index contributed by atoms with van der Waals surface area (Å²) in [6.07, 6.45) is 0. The third kappa shape index (κ3) is 4.72. The molecule has 0 amide bonds. The number of phenolic OH excluding ortho intramolecular Hbond substituents is 2. The average molecular weight is 595 g/mol. The van der Waals surface area contributed by atoms with Crippen molar-refractivity contribution in [1.29, 1.82) is 0 Å². The first kappa shape index (κ1) is 28.2. The number of rotatable bonds is 8. The van der Waals surface area contributed by atoms with Gasteiger partial charge in [-0.1, -0.05) is 0 Å². The molecule has 0 atom stereocenters. The summed E-state index contributed by atoms with van der Waals surface area (Å²) < 4.78 is 33.5. The van der Waals surface area contributed by atoms with E-state index in [1.54, 1.807) is 49.6 Å². The van der Waals surface area contributed by atoms with Gasteiger partial charge >= 0.3 is 0 Å². The van der Waals surface area contributed by atoms with Crippen LogP contribution >= 0.6 is 0 Å². The number of carbonyl (C=O) groups is 1. The van der Waals surface area contributed by atoms with Crippen molar-refractivity contribution in [2.45, 2.75) is 0 Å². The van der Waals surface area contributed by atoms with Crippen molar-refractivity contribution in [3.8, 4) is 57.1 Å². The number of hydrogen-bond donors (Lipinski definition) is 2. The van der Waals surface area contributed by atoms with Crippen LogP contribution in [0.2, 0.25) is 0 Å². The molecule has 0 aliphatic carbocycles. The lowest BCUT2D eigenvalue weighted by Gasteiger charge is -2.12. The molecule has 0 saturated heterocycles. The van der Waals surface area contributed by atoms with Gasteiger partial charge in [-0.3, -0.25) is 9.59 Å². The monoisotopic (exact) mass is 594 g/mol. The molecule has 0 aliphatic heterocycles. The fourth-order valence-electron chi connectivity index (χ4n) is 5.10. The highest BCUT2D eigenvalue weighted by Gasteiger charge is 2.29. The average Bonchev–Trinajstić information content (AvgIpc) is 3.41. The summed E-state index contributed by atoms with van der Waals surface area (Å²) in [5.41, 5.74) is 1.18. The standard InChI is InChI=1S/C34H26O10/c1-39-19-8-5-17(6-9-19)34-31(33(38)32-25(37)12-20(40-2)13-30(32)42-4)22-14-21-24(36)15-26(43-27(21)16-28(22)44-34)18-7-10-23(35)29(11-18)41-3/h5-16,35,37H,1-4H3. The van der Waals surface area contributed by atoms with E-state index in [0.29, 0.717) is 28.0 Å². The summed E-state index contributed by atoms with van der Waals surface area (Å²) in [5, 5.41) is 21.4. The molecule has 222 valence electrons. The van der Waals surface area contributed by atoms with E-state index in [-0.39, 0.29) is 67.6 Å². The van der Waals surface area contributed by atoms with Gasteiger partial charge in [0.1, 0.15) is 51.2 Å². The van der Waals surface area contributed by atoms with Crippen LogP contribution in [0.1, 0.15) is 15.9 Å². The second-order valence-corrected chi connectivity index (χ2v) is 9.79. The Balaban J connectivity index is 1.61. The Morgan fingerprint density at radius 2 is 1.30 bits per heavy atom. The van der Waals surface area contributed by atoms with Crippen LogP contribution in [0.15, 0.2) is 86.4 Å². The summed E-state index contributed by atoms with van der Waals surface area (Å²) >= 11 is 0. The van der Waals surface area contributed by atoms with Crippen LogP contribution in [-0.4, -0.2) is 44.4 Å². The maximum Gasteiger partial charge on any atom is 0.205 e. The Hall–Kier alpha value is -5.90. The minimum atomic E-state index is -0.594. The number of aromatic hydroxyl groups is 2. The van der Waals surface area contributed by atoms with Crippen LogP contribution in [0.4, 0.5) is 0 Å². The number of furan rings is 1. The Kier molecular flexibility index (Phi) is 7.10. The van der Waals surface area contributed by atoms with E-state index in [0.717, 1.165) is 0 Å². The molecule has 2 aromatic heterocycles. The summed E-state index contributed by atoms with van der Waals surface area (Å²) in [4.78, 5) is 27.7. The molecular formula is C34H26O10. The molecule has 44 heavy (non-hydrogen) atoms. The van der Waals surface area contributed by atoms with E-state index in [9.17, 15) is 19.8 Å². The van der Waals surface area contributed by atoms with Crippen molar-refractivity contribution in [2.75, 3.05) is 28.4 Å². The molecular weight excluding hydrogens is 568 g/mol. The summed E-state index contributed by atoms with van der Waals surface area (Å²) in [5.74, 6) is 0.660. The minimum Gasteiger partial charge on any atom is -0.507 e. The van der Waals surface area contributed by atoms with Gasteiger partial charge in [0.2, 0.25) is 5.78 Å². The molecule has 0 aliphatic rings. The lowest BCUT2D eigenvalue weighted by Crippen LogP contribution is -2.06. The molecule has 2 heterocycles. The number of methoxy groups -OCH3 is 4. The maximum absolute atomic E-state index is 14.3. The van der Waals surface area contributed by atoms with E-state index in [1.807, 2.05) is 0 Å². The Morgan fingerprint density at radius 1 is 0.614 bits per heavy atom. The smallest absolute Gasteiger partial charge is 0.205 e. The van der Waals surface area contributed by atoms with Gasteiger partial charge in [0.05, 0.1) is 39.4 Å². The highest BCUT2D eigenvalue weighted by Crippen LogP contribution is 2.42. The van der Waals surface area contributed by atoms with Crippen molar-refractivity contribution in [2.24, 2.45) is 0 Å². The highest BCUT2D eigenvalue weighted by molar-refractivity contribution is 6.22. The Labute approximate surface area is 250 Å². The second-order valence-electron chi connectivity index (χ2n) is 9.79. The van der Waals surface area contributed by atoms with E-state index in [1.165, 1.54) is 51.7 Å². The zero-order valence-electron chi connectivity index (χ0n) is 24.1. The van der Waals surface area contributed by atoms with Gasteiger partial charge in [0, 0.05) is 40.8 Å². The number of carbonyl (C=O) groups excluding carboxylic acids is 1. The van der Waals surface area contributed by atoms with Crippen LogP contribution in [0.25, 0.3) is 44.6 Å². The number of fused-ring (bicyclic) bond motifs is 2. The number of phenols is 2. The zero-order valence-corrected chi connectivity index (χ0v) is 24.1. The van der Waals surface area contributed by atoms with Gasteiger partial charge in [0.25, 0.3) is 0 Å². The first-order valence-corrected chi connectivity index (χ1v) is 13.3. The van der Waals surface area contributed by atoms with Gasteiger partial charge in [-0.25, -0.2) is 0 Å². The van der Waals surface area contributed by atoms with Crippen LogP contribution in [0.3, 0.4) is 0 Å². The first-order chi connectivity index (χ1) is 21.3. The van der Waals surface area contributed by atoms with E-state index < -0.39 is 5.78 Å². The van der Waals surface area contributed by atoms with Crippen molar-refractivity contribution in [3.63, 3.8) is 0 Å². The molecule has 6 aromatic rings. The van der Waals surface area contributed by atoms with Crippen molar-refractivity contribution < 1.29 is 42.8 Å². The summed E-state index contributed by atoms with van der Waals surface area (Å²) in [6, 6.07) is 18.7. The predicted molar refractivity (Wildman–Crippen MR) is 163 cm³/mol. The number of benzene rings is 4.